The zero-order valence-corrected chi connectivity index (χ0v) is 14.0. The number of carbonyl (C=O) groups is 1. The zero-order valence-electron chi connectivity index (χ0n) is 12.4. The monoisotopic (exact) mass is 341 g/mol. The first-order valence-electron chi connectivity index (χ1n) is 7.13. The van der Waals surface area contributed by atoms with Gasteiger partial charge in [0.2, 0.25) is 5.91 Å². The Morgan fingerprint density at radius 1 is 1.30 bits per heavy atom. The van der Waals surface area contributed by atoms with E-state index in [2.05, 4.69) is 21.2 Å². The fourth-order valence-corrected chi connectivity index (χ4v) is 2.49. The Bertz CT molecular complexity index is 418. The van der Waals surface area contributed by atoms with Crippen LogP contribution in [0.1, 0.15) is 51.5 Å². The molecule has 0 aliphatic heterocycles. The number of rotatable bonds is 7. The van der Waals surface area contributed by atoms with E-state index in [4.69, 9.17) is 0 Å². The lowest BCUT2D eigenvalue weighted by atomic mass is 9.92. The van der Waals surface area contributed by atoms with Gasteiger partial charge in [-0.15, -0.1) is 0 Å². The highest BCUT2D eigenvalue weighted by atomic mass is 79.9. The summed E-state index contributed by atoms with van der Waals surface area (Å²) in [5.74, 6) is 0.159. The molecule has 112 valence electrons. The minimum absolute atomic E-state index is 0.00170. The summed E-state index contributed by atoms with van der Waals surface area (Å²) in [4.78, 5) is 12.2. The summed E-state index contributed by atoms with van der Waals surface area (Å²) < 4.78 is 1.04. The van der Waals surface area contributed by atoms with E-state index in [1.54, 1.807) is 0 Å². The van der Waals surface area contributed by atoms with Gasteiger partial charge in [0.25, 0.3) is 0 Å². The lowest BCUT2D eigenvalue weighted by molar-refractivity contribution is -0.124. The fourth-order valence-electron chi connectivity index (χ4n) is 2.22. The molecule has 1 aromatic carbocycles. The molecule has 3 nitrogen and oxygen atoms in total. The third-order valence-corrected chi connectivity index (χ3v) is 4.52. The molecule has 0 saturated carbocycles. The number of aliphatic hydroxyl groups is 1. The number of hydrogen-bond donors (Lipinski definition) is 2. The van der Waals surface area contributed by atoms with Crippen molar-refractivity contribution < 1.29 is 9.90 Å². The van der Waals surface area contributed by atoms with Crippen LogP contribution in [0.3, 0.4) is 0 Å². The summed E-state index contributed by atoms with van der Waals surface area (Å²) in [5, 5.41) is 12.5. The Morgan fingerprint density at radius 3 is 2.30 bits per heavy atom. The van der Waals surface area contributed by atoms with E-state index in [0.29, 0.717) is 6.42 Å². The van der Waals surface area contributed by atoms with Gasteiger partial charge in [-0.3, -0.25) is 4.79 Å². The first-order chi connectivity index (χ1) is 9.46. The summed E-state index contributed by atoms with van der Waals surface area (Å²) in [6.45, 7) is 6.00. The van der Waals surface area contributed by atoms with E-state index in [9.17, 15) is 9.90 Å². The minimum Gasteiger partial charge on any atom is -0.394 e. The molecule has 1 amide bonds. The topological polar surface area (TPSA) is 49.3 Å². The van der Waals surface area contributed by atoms with Crippen LogP contribution in [0.25, 0.3) is 0 Å². The van der Waals surface area contributed by atoms with Crippen LogP contribution in [0.4, 0.5) is 0 Å². The molecule has 0 fully saturated rings. The summed E-state index contributed by atoms with van der Waals surface area (Å²) in [7, 11) is 0. The molecule has 1 aromatic rings. The molecule has 0 aliphatic rings. The van der Waals surface area contributed by atoms with Gasteiger partial charge in [0, 0.05) is 10.9 Å². The molecule has 0 bridgehead atoms. The van der Waals surface area contributed by atoms with E-state index in [1.807, 2.05) is 45.0 Å². The molecule has 2 N–H and O–H groups in total. The number of halogens is 1. The predicted molar refractivity (Wildman–Crippen MR) is 85.7 cm³/mol. The second-order valence-electron chi connectivity index (χ2n) is 5.35. The minimum atomic E-state index is -0.476. The van der Waals surface area contributed by atoms with Crippen molar-refractivity contribution in [3.63, 3.8) is 0 Å². The Kier molecular flexibility index (Phi) is 6.69. The second-order valence-corrected chi connectivity index (χ2v) is 6.27. The maximum Gasteiger partial charge on any atom is 0.221 e. The number of aliphatic hydroxyl groups excluding tert-OH is 1. The Balaban J connectivity index is 2.63. The maximum absolute atomic E-state index is 12.2. The lowest BCUT2D eigenvalue weighted by Gasteiger charge is -2.31. The van der Waals surface area contributed by atoms with Crippen LogP contribution in [0.15, 0.2) is 28.7 Å². The molecule has 0 heterocycles. The van der Waals surface area contributed by atoms with Crippen LogP contribution in [0.5, 0.6) is 0 Å². The van der Waals surface area contributed by atoms with Crippen molar-refractivity contribution in [2.75, 3.05) is 6.61 Å². The number of benzene rings is 1. The molecule has 1 atom stereocenters. The molecule has 0 aliphatic carbocycles. The third-order valence-electron chi connectivity index (χ3n) is 3.99. The Hall–Kier alpha value is -0.870. The SMILES string of the molecule is CCC(CC)(CO)NC(=O)CC(C)c1ccc(Br)cc1. The maximum atomic E-state index is 12.2. The van der Waals surface area contributed by atoms with Gasteiger partial charge < -0.3 is 10.4 Å². The summed E-state index contributed by atoms with van der Waals surface area (Å²) in [5.41, 5.74) is 0.669. The summed E-state index contributed by atoms with van der Waals surface area (Å²) in [6, 6.07) is 8.03. The molecule has 1 unspecified atom stereocenters. The van der Waals surface area contributed by atoms with Crippen molar-refractivity contribution in [2.24, 2.45) is 0 Å². The summed E-state index contributed by atoms with van der Waals surface area (Å²) >= 11 is 3.41. The van der Waals surface area contributed by atoms with E-state index >= 15 is 0 Å². The van der Waals surface area contributed by atoms with Crippen molar-refractivity contribution in [1.29, 1.82) is 0 Å². The van der Waals surface area contributed by atoms with E-state index < -0.39 is 5.54 Å². The van der Waals surface area contributed by atoms with Crippen LogP contribution < -0.4 is 5.32 Å². The number of carbonyl (C=O) groups excluding carboxylic acids is 1. The standard InChI is InChI=1S/C16H24BrNO2/c1-4-16(5-2,11-19)18-15(20)10-12(3)13-6-8-14(17)9-7-13/h6-9,12,19H,4-5,10-11H2,1-3H3,(H,18,20). The number of amides is 1. The van der Waals surface area contributed by atoms with E-state index in [0.717, 1.165) is 22.9 Å². The summed E-state index contributed by atoms with van der Waals surface area (Å²) in [6.07, 6.45) is 1.90. The Morgan fingerprint density at radius 2 is 1.85 bits per heavy atom. The normalized spacial score (nSPS) is 13.1. The lowest BCUT2D eigenvalue weighted by Crippen LogP contribution is -2.50. The molecule has 0 radical (unpaired) electrons. The largest absolute Gasteiger partial charge is 0.394 e. The van der Waals surface area contributed by atoms with Crippen molar-refractivity contribution >= 4 is 21.8 Å². The second kappa shape index (κ2) is 7.79. The average Bonchev–Trinajstić information content (AvgIpc) is 2.45. The smallest absolute Gasteiger partial charge is 0.221 e. The average molecular weight is 342 g/mol. The van der Waals surface area contributed by atoms with Gasteiger partial charge in [-0.25, -0.2) is 0 Å². The highest BCUT2D eigenvalue weighted by Crippen LogP contribution is 2.22. The first-order valence-corrected chi connectivity index (χ1v) is 7.93. The number of hydrogen-bond acceptors (Lipinski definition) is 2. The fraction of sp³-hybridized carbons (Fsp3) is 0.562. The predicted octanol–water partition coefficient (Wildman–Crippen LogP) is 3.61. The van der Waals surface area contributed by atoms with Crippen molar-refractivity contribution in [2.45, 2.75) is 51.5 Å². The van der Waals surface area contributed by atoms with Gasteiger partial charge >= 0.3 is 0 Å². The van der Waals surface area contributed by atoms with E-state index in [1.165, 1.54) is 0 Å². The van der Waals surface area contributed by atoms with Crippen LogP contribution in [-0.4, -0.2) is 23.2 Å². The van der Waals surface area contributed by atoms with Gasteiger partial charge in [0.15, 0.2) is 0 Å². The van der Waals surface area contributed by atoms with Gasteiger partial charge in [0.05, 0.1) is 12.1 Å². The quantitative estimate of drug-likeness (QED) is 0.795. The first kappa shape index (κ1) is 17.2. The molecule has 20 heavy (non-hydrogen) atoms. The third kappa shape index (κ3) is 4.60. The van der Waals surface area contributed by atoms with Gasteiger partial charge in [-0.2, -0.15) is 0 Å². The molecule has 0 spiro atoms. The molecular weight excluding hydrogens is 318 g/mol. The van der Waals surface area contributed by atoms with Crippen molar-refractivity contribution in [1.82, 2.24) is 5.32 Å². The van der Waals surface area contributed by atoms with Gasteiger partial charge in [-0.1, -0.05) is 48.8 Å². The van der Waals surface area contributed by atoms with E-state index in [-0.39, 0.29) is 18.4 Å². The van der Waals surface area contributed by atoms with Crippen LogP contribution in [0, 0.1) is 0 Å². The van der Waals surface area contributed by atoms with Crippen molar-refractivity contribution in [3.8, 4) is 0 Å². The molecule has 0 aromatic heterocycles. The Labute approximate surface area is 129 Å². The number of nitrogens with one attached hydrogen (secondary N) is 1. The van der Waals surface area contributed by atoms with Crippen LogP contribution in [0.2, 0.25) is 0 Å². The zero-order chi connectivity index (χ0) is 15.2. The molecular formula is C16H24BrNO2. The molecule has 0 saturated heterocycles. The highest BCUT2D eigenvalue weighted by molar-refractivity contribution is 9.10. The van der Waals surface area contributed by atoms with Gasteiger partial charge in [0.1, 0.15) is 0 Å². The van der Waals surface area contributed by atoms with Crippen LogP contribution >= 0.6 is 15.9 Å². The van der Waals surface area contributed by atoms with Crippen molar-refractivity contribution in [3.05, 3.63) is 34.3 Å². The highest BCUT2D eigenvalue weighted by Gasteiger charge is 2.27. The molecule has 1 rings (SSSR count). The molecule has 4 heteroatoms. The van der Waals surface area contributed by atoms with Crippen LogP contribution in [-0.2, 0) is 4.79 Å². The van der Waals surface area contributed by atoms with Gasteiger partial charge in [-0.05, 0) is 36.5 Å².